The Balaban J connectivity index is 2.53. The lowest BCUT2D eigenvalue weighted by atomic mass is 10.3. The van der Waals surface area contributed by atoms with Crippen molar-refractivity contribution in [1.29, 1.82) is 0 Å². The Kier molecular flexibility index (Phi) is 3.09. The second kappa shape index (κ2) is 4.70. The van der Waals surface area contributed by atoms with Gasteiger partial charge in [0.1, 0.15) is 17.1 Å². The highest BCUT2D eigenvalue weighted by molar-refractivity contribution is 5.87. The summed E-state index contributed by atoms with van der Waals surface area (Å²) >= 11 is 0. The van der Waals surface area contributed by atoms with Crippen molar-refractivity contribution >= 4 is 5.97 Å². The van der Waals surface area contributed by atoms with Crippen LogP contribution >= 0.6 is 0 Å². The van der Waals surface area contributed by atoms with E-state index in [1.807, 2.05) is 0 Å². The molecule has 18 heavy (non-hydrogen) atoms. The van der Waals surface area contributed by atoms with Crippen molar-refractivity contribution in [1.82, 2.24) is 9.55 Å². The summed E-state index contributed by atoms with van der Waals surface area (Å²) in [6.45, 7) is 0. The Hall–Kier alpha value is -2.63. The number of carboxylic acids is 1. The molecular formula is C12H10N2O4. The Bertz CT molecular complexity index is 631. The Morgan fingerprint density at radius 2 is 2.17 bits per heavy atom. The van der Waals surface area contributed by atoms with Crippen LogP contribution in [0.3, 0.4) is 0 Å². The molecule has 2 heterocycles. The Labute approximate surface area is 102 Å². The van der Waals surface area contributed by atoms with E-state index in [4.69, 9.17) is 9.84 Å². The maximum atomic E-state index is 11.9. The van der Waals surface area contributed by atoms with Gasteiger partial charge in [0.25, 0.3) is 5.56 Å². The van der Waals surface area contributed by atoms with E-state index >= 15 is 0 Å². The summed E-state index contributed by atoms with van der Waals surface area (Å²) in [5.41, 5.74) is -0.919. The molecule has 6 nitrogen and oxygen atoms in total. The molecule has 0 bridgehead atoms. The van der Waals surface area contributed by atoms with Crippen LogP contribution in [0.2, 0.25) is 0 Å². The predicted molar refractivity (Wildman–Crippen MR) is 63.3 cm³/mol. The monoisotopic (exact) mass is 246 g/mol. The van der Waals surface area contributed by atoms with Gasteiger partial charge < -0.3 is 9.84 Å². The van der Waals surface area contributed by atoms with Gasteiger partial charge in [-0.1, -0.05) is 0 Å². The molecule has 0 saturated carbocycles. The maximum absolute atomic E-state index is 11.9. The number of methoxy groups -OCH3 is 1. The van der Waals surface area contributed by atoms with Gasteiger partial charge in [-0.05, 0) is 24.3 Å². The minimum absolute atomic E-state index is 0.296. The molecule has 0 aliphatic carbocycles. The third kappa shape index (κ3) is 2.08. The van der Waals surface area contributed by atoms with Crippen molar-refractivity contribution in [2.45, 2.75) is 0 Å². The summed E-state index contributed by atoms with van der Waals surface area (Å²) in [6.07, 6.45) is 2.92. The number of aromatic carboxylic acids is 1. The van der Waals surface area contributed by atoms with Crippen LogP contribution in [0, 0.1) is 0 Å². The van der Waals surface area contributed by atoms with Gasteiger partial charge in [0.05, 0.1) is 13.3 Å². The fourth-order valence-electron chi connectivity index (χ4n) is 1.47. The number of aromatic nitrogens is 2. The number of rotatable bonds is 3. The lowest BCUT2D eigenvalue weighted by molar-refractivity contribution is 0.0694. The first-order chi connectivity index (χ1) is 8.63. The van der Waals surface area contributed by atoms with E-state index in [9.17, 15) is 9.59 Å². The molecule has 0 atom stereocenters. The summed E-state index contributed by atoms with van der Waals surface area (Å²) in [7, 11) is 1.51. The average molecular weight is 246 g/mol. The smallest absolute Gasteiger partial charge is 0.341 e. The highest BCUT2D eigenvalue weighted by Gasteiger charge is 2.11. The van der Waals surface area contributed by atoms with Crippen molar-refractivity contribution in [3.63, 3.8) is 0 Å². The van der Waals surface area contributed by atoms with E-state index in [1.165, 1.54) is 36.2 Å². The lowest BCUT2D eigenvalue weighted by Gasteiger charge is -2.06. The molecule has 0 aliphatic heterocycles. The summed E-state index contributed by atoms with van der Waals surface area (Å²) in [5, 5.41) is 8.87. The second-order valence-corrected chi connectivity index (χ2v) is 3.46. The predicted octanol–water partition coefficient (Wildman–Crippen LogP) is 0.939. The van der Waals surface area contributed by atoms with Gasteiger partial charge in [-0.2, -0.15) is 0 Å². The SMILES string of the molecule is COc1ccc(-n2cccc(C(=O)O)c2=O)nc1. The van der Waals surface area contributed by atoms with Crippen molar-refractivity contribution in [2.75, 3.05) is 7.11 Å². The minimum Gasteiger partial charge on any atom is -0.495 e. The van der Waals surface area contributed by atoms with Crippen molar-refractivity contribution in [3.05, 3.63) is 52.6 Å². The lowest BCUT2D eigenvalue weighted by Crippen LogP contribution is -2.24. The summed E-state index contributed by atoms with van der Waals surface area (Å²) in [6, 6.07) is 5.95. The number of nitrogens with zero attached hydrogens (tertiary/aromatic N) is 2. The number of pyridine rings is 2. The molecule has 0 aromatic carbocycles. The van der Waals surface area contributed by atoms with Crippen LogP contribution in [0.25, 0.3) is 5.82 Å². The van der Waals surface area contributed by atoms with E-state index in [0.29, 0.717) is 11.6 Å². The number of hydrogen-bond acceptors (Lipinski definition) is 4. The van der Waals surface area contributed by atoms with E-state index in [0.717, 1.165) is 0 Å². The summed E-state index contributed by atoms with van der Waals surface area (Å²) in [4.78, 5) is 26.8. The van der Waals surface area contributed by atoms with Gasteiger partial charge >= 0.3 is 5.97 Å². The highest BCUT2D eigenvalue weighted by Crippen LogP contribution is 2.10. The van der Waals surface area contributed by atoms with Gasteiger partial charge in [-0.25, -0.2) is 9.78 Å². The zero-order chi connectivity index (χ0) is 13.1. The third-order valence-electron chi connectivity index (χ3n) is 2.38. The molecule has 0 aliphatic rings. The molecule has 0 fully saturated rings. The summed E-state index contributed by atoms with van der Waals surface area (Å²) in [5.74, 6) is -0.368. The van der Waals surface area contributed by atoms with Crippen molar-refractivity contribution < 1.29 is 14.6 Å². The van der Waals surface area contributed by atoms with Gasteiger partial charge in [-0.15, -0.1) is 0 Å². The molecule has 0 spiro atoms. The zero-order valence-electron chi connectivity index (χ0n) is 9.53. The first-order valence-corrected chi connectivity index (χ1v) is 5.09. The van der Waals surface area contributed by atoms with Crippen LogP contribution in [0.5, 0.6) is 5.75 Å². The molecule has 2 aromatic rings. The topological polar surface area (TPSA) is 81.4 Å². The maximum Gasteiger partial charge on any atom is 0.341 e. The minimum atomic E-state index is -1.26. The first-order valence-electron chi connectivity index (χ1n) is 5.09. The molecule has 1 N–H and O–H groups in total. The first kappa shape index (κ1) is 11.8. The van der Waals surface area contributed by atoms with Crippen LogP contribution in [0.15, 0.2) is 41.5 Å². The van der Waals surface area contributed by atoms with Crippen LogP contribution in [-0.2, 0) is 0 Å². The Morgan fingerprint density at radius 3 is 2.72 bits per heavy atom. The molecule has 0 amide bonds. The van der Waals surface area contributed by atoms with E-state index in [-0.39, 0.29) is 5.56 Å². The molecule has 2 aromatic heterocycles. The normalized spacial score (nSPS) is 10.1. The van der Waals surface area contributed by atoms with E-state index < -0.39 is 11.5 Å². The largest absolute Gasteiger partial charge is 0.495 e. The van der Waals surface area contributed by atoms with Crippen molar-refractivity contribution in [3.8, 4) is 11.6 Å². The van der Waals surface area contributed by atoms with Crippen LogP contribution in [0.1, 0.15) is 10.4 Å². The van der Waals surface area contributed by atoms with Crippen LogP contribution in [-0.4, -0.2) is 27.7 Å². The van der Waals surface area contributed by atoms with Crippen molar-refractivity contribution in [2.24, 2.45) is 0 Å². The zero-order valence-corrected chi connectivity index (χ0v) is 9.53. The molecule has 92 valence electrons. The number of carbonyl (C=O) groups is 1. The molecular weight excluding hydrogens is 236 g/mol. The highest BCUT2D eigenvalue weighted by atomic mass is 16.5. The number of ether oxygens (including phenoxy) is 1. The fourth-order valence-corrected chi connectivity index (χ4v) is 1.47. The molecule has 0 saturated heterocycles. The summed E-state index contributed by atoms with van der Waals surface area (Å²) < 4.78 is 6.12. The van der Waals surface area contributed by atoms with Gasteiger partial charge in [0.2, 0.25) is 0 Å². The van der Waals surface area contributed by atoms with Gasteiger partial charge in [0, 0.05) is 6.20 Å². The van der Waals surface area contributed by atoms with Crippen LogP contribution in [0.4, 0.5) is 0 Å². The van der Waals surface area contributed by atoms with Crippen LogP contribution < -0.4 is 10.3 Å². The number of carboxylic acid groups (broad SMARTS) is 1. The fraction of sp³-hybridized carbons (Fsp3) is 0.0833. The second-order valence-electron chi connectivity index (χ2n) is 3.46. The van der Waals surface area contributed by atoms with Gasteiger partial charge in [0.15, 0.2) is 0 Å². The molecule has 0 unspecified atom stereocenters. The number of hydrogen-bond donors (Lipinski definition) is 1. The average Bonchev–Trinajstić information content (AvgIpc) is 2.39. The van der Waals surface area contributed by atoms with E-state index in [2.05, 4.69) is 4.98 Å². The van der Waals surface area contributed by atoms with Gasteiger partial charge in [-0.3, -0.25) is 9.36 Å². The third-order valence-corrected chi connectivity index (χ3v) is 2.38. The standard InChI is InChI=1S/C12H10N2O4/c1-18-8-4-5-10(13-7-8)14-6-2-3-9(11(14)15)12(16)17/h2-7H,1H3,(H,16,17). The molecule has 2 rings (SSSR count). The molecule has 6 heteroatoms. The van der Waals surface area contributed by atoms with E-state index in [1.54, 1.807) is 12.1 Å². The molecule has 0 radical (unpaired) electrons. The Morgan fingerprint density at radius 1 is 1.39 bits per heavy atom. The quantitative estimate of drug-likeness (QED) is 0.871.